The Morgan fingerprint density at radius 1 is 0.778 bits per heavy atom. The largest absolute Gasteiger partial charge is 0.294 e. The van der Waals surface area contributed by atoms with Gasteiger partial charge in [-0.25, -0.2) is 0 Å². The molecule has 0 aliphatic heterocycles. The minimum absolute atomic E-state index is 0.0300. The highest BCUT2D eigenvalue weighted by atomic mass is 16.1. The fourth-order valence-corrected chi connectivity index (χ4v) is 5.10. The van der Waals surface area contributed by atoms with Gasteiger partial charge in [0.15, 0.2) is 11.6 Å². The van der Waals surface area contributed by atoms with Gasteiger partial charge in [-0.05, 0) is 36.5 Å². The van der Waals surface area contributed by atoms with E-state index in [2.05, 4.69) is 0 Å². The molecule has 3 saturated carbocycles. The number of carbonyl (C=O) groups excluding carboxylic acids is 2. The molecular weight excluding hydrogens is 224 g/mol. The van der Waals surface area contributed by atoms with Gasteiger partial charge in [0.05, 0.1) is 0 Å². The average molecular weight is 238 g/mol. The maximum absolute atomic E-state index is 12.6. The van der Waals surface area contributed by atoms with E-state index in [9.17, 15) is 9.59 Å². The predicted octanol–water partition coefficient (Wildman–Crippen LogP) is 2.87. The third-order valence-corrected chi connectivity index (χ3v) is 6.12. The Kier molecular flexibility index (Phi) is 1.30. The third-order valence-electron chi connectivity index (χ3n) is 6.12. The summed E-state index contributed by atoms with van der Waals surface area (Å²) in [6.07, 6.45) is 4.70. The Morgan fingerprint density at radius 3 is 1.50 bits per heavy atom. The van der Waals surface area contributed by atoms with E-state index in [-0.39, 0.29) is 34.2 Å². The van der Waals surface area contributed by atoms with Gasteiger partial charge in [0.2, 0.25) is 0 Å². The molecule has 0 heterocycles. The lowest BCUT2D eigenvalue weighted by Crippen LogP contribution is -2.60. The van der Waals surface area contributed by atoms with E-state index in [4.69, 9.17) is 0 Å². The van der Waals surface area contributed by atoms with Crippen molar-refractivity contribution in [3.63, 3.8) is 0 Å². The second-order valence-electron chi connectivity index (χ2n) is 6.54. The van der Waals surface area contributed by atoms with Gasteiger partial charge in [-0.15, -0.1) is 0 Å². The maximum atomic E-state index is 12.6. The SMILES string of the molecule is O=C1c2ccccc2C(=O)C2C1C1(CC1)C21CC1. The van der Waals surface area contributed by atoms with Crippen LogP contribution in [0.15, 0.2) is 24.3 Å². The number of hydrogen-bond donors (Lipinski definition) is 0. The Morgan fingerprint density at radius 2 is 1.17 bits per heavy atom. The van der Waals surface area contributed by atoms with Crippen molar-refractivity contribution in [2.24, 2.45) is 22.7 Å². The van der Waals surface area contributed by atoms with E-state index in [1.54, 1.807) is 0 Å². The lowest BCUT2D eigenvalue weighted by Gasteiger charge is -2.55. The molecule has 4 aliphatic rings. The molecule has 2 atom stereocenters. The summed E-state index contributed by atoms with van der Waals surface area (Å²) in [6, 6.07) is 7.41. The molecule has 1 aromatic rings. The third kappa shape index (κ3) is 0.730. The van der Waals surface area contributed by atoms with Crippen molar-refractivity contribution in [1.82, 2.24) is 0 Å². The van der Waals surface area contributed by atoms with Crippen LogP contribution >= 0.6 is 0 Å². The van der Waals surface area contributed by atoms with Gasteiger partial charge < -0.3 is 0 Å². The first-order chi connectivity index (χ1) is 8.71. The van der Waals surface area contributed by atoms with Crippen LogP contribution in [0.4, 0.5) is 0 Å². The lowest BCUT2D eigenvalue weighted by molar-refractivity contribution is -0.0370. The van der Waals surface area contributed by atoms with Crippen LogP contribution in [0.2, 0.25) is 0 Å². The smallest absolute Gasteiger partial charge is 0.168 e. The first-order valence-electron chi connectivity index (χ1n) is 6.89. The molecule has 2 heteroatoms. The maximum Gasteiger partial charge on any atom is 0.168 e. The van der Waals surface area contributed by atoms with Crippen LogP contribution in [0.25, 0.3) is 0 Å². The number of rotatable bonds is 0. The van der Waals surface area contributed by atoms with Crippen molar-refractivity contribution in [2.45, 2.75) is 25.7 Å². The topological polar surface area (TPSA) is 34.1 Å². The van der Waals surface area contributed by atoms with Crippen molar-refractivity contribution < 1.29 is 9.59 Å². The van der Waals surface area contributed by atoms with Crippen molar-refractivity contribution in [1.29, 1.82) is 0 Å². The highest BCUT2D eigenvalue weighted by Gasteiger charge is 2.84. The van der Waals surface area contributed by atoms with Gasteiger partial charge in [-0.1, -0.05) is 24.3 Å². The highest BCUT2D eigenvalue weighted by Crippen LogP contribution is 2.87. The molecule has 1 aromatic carbocycles. The molecule has 2 nitrogen and oxygen atoms in total. The molecule has 4 aliphatic carbocycles. The highest BCUT2D eigenvalue weighted by molar-refractivity contribution is 6.18. The minimum atomic E-state index is 0.0300. The summed E-state index contributed by atoms with van der Waals surface area (Å²) in [5, 5.41) is 0. The first kappa shape index (κ1) is 9.48. The van der Waals surface area contributed by atoms with E-state index >= 15 is 0 Å². The molecule has 0 bridgehead atoms. The standard InChI is InChI=1S/C16H14O2/c17-13-9-3-1-2-4-10(9)14(18)12-11(13)15(5-6-15)16(12)7-8-16/h1-4,11-12H,5-8H2. The zero-order chi connectivity index (χ0) is 12.1. The van der Waals surface area contributed by atoms with Crippen molar-refractivity contribution >= 4 is 11.6 Å². The van der Waals surface area contributed by atoms with Crippen LogP contribution in [-0.4, -0.2) is 11.6 Å². The summed E-state index contributed by atoms with van der Waals surface area (Å²) in [6.45, 7) is 0. The summed E-state index contributed by atoms with van der Waals surface area (Å²) in [7, 11) is 0. The van der Waals surface area contributed by atoms with E-state index < -0.39 is 0 Å². The lowest BCUT2D eigenvalue weighted by atomic mass is 9.45. The molecule has 5 rings (SSSR count). The normalized spacial score (nSPS) is 36.0. The molecule has 2 spiro atoms. The minimum Gasteiger partial charge on any atom is -0.294 e. The number of hydrogen-bond acceptors (Lipinski definition) is 2. The second-order valence-corrected chi connectivity index (χ2v) is 6.54. The van der Waals surface area contributed by atoms with Crippen LogP contribution in [0, 0.1) is 22.7 Å². The van der Waals surface area contributed by atoms with Crippen molar-refractivity contribution in [2.75, 3.05) is 0 Å². The van der Waals surface area contributed by atoms with E-state index in [0.29, 0.717) is 11.1 Å². The molecule has 0 amide bonds. The van der Waals surface area contributed by atoms with Gasteiger partial charge in [-0.2, -0.15) is 0 Å². The van der Waals surface area contributed by atoms with Crippen LogP contribution in [0.3, 0.4) is 0 Å². The summed E-state index contributed by atoms with van der Waals surface area (Å²) in [5.41, 5.74) is 1.87. The van der Waals surface area contributed by atoms with Gasteiger partial charge in [0, 0.05) is 23.0 Å². The number of fused-ring (bicyclic) bond motifs is 5. The number of Topliss-reactive ketones (excluding diaryl/α,β-unsaturated/α-hetero) is 2. The quantitative estimate of drug-likeness (QED) is 0.696. The molecule has 0 saturated heterocycles. The van der Waals surface area contributed by atoms with Gasteiger partial charge in [0.25, 0.3) is 0 Å². The number of ketones is 2. The molecule has 18 heavy (non-hydrogen) atoms. The van der Waals surface area contributed by atoms with E-state index in [0.717, 1.165) is 0 Å². The molecule has 0 radical (unpaired) electrons. The molecule has 0 aromatic heterocycles. The van der Waals surface area contributed by atoms with Crippen molar-refractivity contribution in [3.05, 3.63) is 35.4 Å². The fourth-order valence-electron chi connectivity index (χ4n) is 5.10. The molecular formula is C16H14O2. The van der Waals surface area contributed by atoms with Crippen LogP contribution in [-0.2, 0) is 0 Å². The number of carbonyl (C=O) groups is 2. The molecule has 2 unspecified atom stereocenters. The second kappa shape index (κ2) is 2.47. The zero-order valence-corrected chi connectivity index (χ0v) is 10.1. The Balaban J connectivity index is 1.74. The summed E-state index contributed by atoms with van der Waals surface area (Å²) >= 11 is 0. The monoisotopic (exact) mass is 238 g/mol. The molecule has 90 valence electrons. The first-order valence-corrected chi connectivity index (χ1v) is 6.89. The van der Waals surface area contributed by atoms with Gasteiger partial charge in [-0.3, -0.25) is 9.59 Å². The van der Waals surface area contributed by atoms with Crippen LogP contribution < -0.4 is 0 Å². The van der Waals surface area contributed by atoms with Crippen LogP contribution in [0.5, 0.6) is 0 Å². The van der Waals surface area contributed by atoms with Crippen LogP contribution in [0.1, 0.15) is 46.4 Å². The Hall–Kier alpha value is -1.44. The summed E-state index contributed by atoms with van der Waals surface area (Å²) in [5.74, 6) is 0.570. The average Bonchev–Trinajstić information content (AvgIpc) is 3.26. The fraction of sp³-hybridized carbons (Fsp3) is 0.500. The van der Waals surface area contributed by atoms with E-state index in [1.165, 1.54) is 25.7 Å². The summed E-state index contributed by atoms with van der Waals surface area (Å²) < 4.78 is 0. The Bertz CT molecular complexity index is 565. The summed E-state index contributed by atoms with van der Waals surface area (Å²) in [4.78, 5) is 25.3. The Labute approximate surface area is 105 Å². The number of benzene rings is 1. The van der Waals surface area contributed by atoms with Gasteiger partial charge in [0.1, 0.15) is 0 Å². The molecule has 3 fully saturated rings. The predicted molar refractivity (Wildman–Crippen MR) is 65.4 cm³/mol. The van der Waals surface area contributed by atoms with Gasteiger partial charge >= 0.3 is 0 Å². The molecule has 0 N–H and O–H groups in total. The zero-order valence-electron chi connectivity index (χ0n) is 10.1. The van der Waals surface area contributed by atoms with Crippen molar-refractivity contribution in [3.8, 4) is 0 Å². The van der Waals surface area contributed by atoms with E-state index in [1.807, 2.05) is 24.3 Å².